The summed E-state index contributed by atoms with van der Waals surface area (Å²) in [6, 6.07) is -5.28. The molecule has 3 amide bonds. The van der Waals surface area contributed by atoms with E-state index in [0.717, 1.165) is 4.90 Å². The van der Waals surface area contributed by atoms with E-state index < -0.39 is 72.6 Å². The molecule has 13 nitrogen and oxygen atoms in total. The molecule has 7 N–H and O–H groups in total. The van der Waals surface area contributed by atoms with Crippen LogP contribution >= 0.6 is 0 Å². The van der Waals surface area contributed by atoms with Gasteiger partial charge in [-0.1, -0.05) is 13.8 Å². The number of nitrogens with two attached hydrogens (primary N) is 1. The van der Waals surface area contributed by atoms with E-state index in [9.17, 15) is 28.8 Å². The van der Waals surface area contributed by atoms with E-state index in [2.05, 4.69) is 10.6 Å². The maximum atomic E-state index is 12.9. The zero-order valence-electron chi connectivity index (χ0n) is 17.2. The van der Waals surface area contributed by atoms with Crippen LogP contribution in [0.5, 0.6) is 0 Å². The molecular weight excluding hydrogens is 416 g/mol. The predicted octanol–water partition coefficient (Wildman–Crippen LogP) is -2.04. The van der Waals surface area contributed by atoms with Crippen LogP contribution in [0.2, 0.25) is 0 Å². The number of carboxylic acid groups (broad SMARTS) is 3. The van der Waals surface area contributed by atoms with Gasteiger partial charge in [-0.3, -0.25) is 24.0 Å². The van der Waals surface area contributed by atoms with Crippen molar-refractivity contribution in [3.63, 3.8) is 0 Å². The Hall–Kier alpha value is -3.22. The van der Waals surface area contributed by atoms with Gasteiger partial charge in [0, 0.05) is 6.54 Å². The van der Waals surface area contributed by atoms with E-state index >= 15 is 0 Å². The Labute approximate surface area is 177 Å². The van der Waals surface area contributed by atoms with Gasteiger partial charge in [0.1, 0.15) is 18.1 Å². The first-order valence-corrected chi connectivity index (χ1v) is 9.68. The number of carbonyl (C=O) groups excluding carboxylic acids is 3. The summed E-state index contributed by atoms with van der Waals surface area (Å²) in [7, 11) is 0. The van der Waals surface area contributed by atoms with Crippen LogP contribution < -0.4 is 16.4 Å². The Bertz CT molecular complexity index is 740. The second kappa shape index (κ2) is 11.2. The van der Waals surface area contributed by atoms with Crippen LogP contribution in [0.1, 0.15) is 39.5 Å². The first kappa shape index (κ1) is 25.8. The van der Waals surface area contributed by atoms with Crippen molar-refractivity contribution in [3.05, 3.63) is 0 Å². The Morgan fingerprint density at radius 3 is 2.00 bits per heavy atom. The fourth-order valence-corrected chi connectivity index (χ4v) is 3.09. The van der Waals surface area contributed by atoms with Gasteiger partial charge >= 0.3 is 17.9 Å². The molecule has 0 aliphatic carbocycles. The largest absolute Gasteiger partial charge is 0.481 e. The molecule has 1 rings (SSSR count). The van der Waals surface area contributed by atoms with Crippen LogP contribution in [0.4, 0.5) is 0 Å². The molecule has 0 aromatic rings. The van der Waals surface area contributed by atoms with Crippen LogP contribution in [0.25, 0.3) is 0 Å². The number of likely N-dealkylation sites (tertiary alicyclic amines) is 1. The average Bonchev–Trinajstić information content (AvgIpc) is 3.14. The molecule has 174 valence electrons. The molecule has 1 heterocycles. The highest BCUT2D eigenvalue weighted by molar-refractivity contribution is 5.96. The van der Waals surface area contributed by atoms with Crippen molar-refractivity contribution < 1.29 is 44.1 Å². The maximum Gasteiger partial charge on any atom is 0.326 e. The van der Waals surface area contributed by atoms with E-state index in [1.807, 2.05) is 0 Å². The lowest BCUT2D eigenvalue weighted by atomic mass is 10.0. The summed E-state index contributed by atoms with van der Waals surface area (Å²) in [5.74, 6) is -7.03. The summed E-state index contributed by atoms with van der Waals surface area (Å²) in [4.78, 5) is 72.0. The molecule has 0 unspecified atom stereocenters. The van der Waals surface area contributed by atoms with Crippen molar-refractivity contribution in [2.24, 2.45) is 11.7 Å². The van der Waals surface area contributed by atoms with Crippen molar-refractivity contribution in [2.45, 2.75) is 63.7 Å². The number of carboxylic acids is 3. The second-order valence-corrected chi connectivity index (χ2v) is 7.62. The number of rotatable bonds is 11. The minimum absolute atomic E-state index is 0.0792. The summed E-state index contributed by atoms with van der Waals surface area (Å²) in [6.45, 7) is 3.43. The predicted molar refractivity (Wildman–Crippen MR) is 104 cm³/mol. The molecule has 1 saturated heterocycles. The summed E-state index contributed by atoms with van der Waals surface area (Å²) >= 11 is 0. The van der Waals surface area contributed by atoms with Gasteiger partial charge < -0.3 is 36.6 Å². The van der Waals surface area contributed by atoms with Crippen molar-refractivity contribution >= 4 is 35.6 Å². The quantitative estimate of drug-likeness (QED) is 0.205. The number of hydrogen-bond donors (Lipinski definition) is 6. The van der Waals surface area contributed by atoms with Gasteiger partial charge in [0.15, 0.2) is 0 Å². The standard InChI is InChI=1S/C18H28N4O9/c1-8(2)14(19)16(28)20-9(6-12(23)24)17(29)22-5-3-4-11(22)15(27)21-10(18(30)31)7-13(25)26/h8-11,14H,3-7,19H2,1-2H3,(H,20,28)(H,21,27)(H,23,24)(H,25,26)(H,30,31)/t9-,10-,11-,14-/m0/s1. The highest BCUT2D eigenvalue weighted by Crippen LogP contribution is 2.20. The van der Waals surface area contributed by atoms with Gasteiger partial charge in [-0.25, -0.2) is 4.79 Å². The summed E-state index contributed by atoms with van der Waals surface area (Å²) < 4.78 is 0. The fourth-order valence-electron chi connectivity index (χ4n) is 3.09. The Balaban J connectivity index is 2.98. The molecule has 0 aromatic heterocycles. The van der Waals surface area contributed by atoms with Crippen LogP contribution in [-0.4, -0.2) is 86.6 Å². The monoisotopic (exact) mass is 444 g/mol. The molecule has 1 fully saturated rings. The van der Waals surface area contributed by atoms with Crippen LogP contribution in [0, 0.1) is 5.92 Å². The molecule has 31 heavy (non-hydrogen) atoms. The fraction of sp³-hybridized carbons (Fsp3) is 0.667. The second-order valence-electron chi connectivity index (χ2n) is 7.62. The first-order chi connectivity index (χ1) is 14.3. The van der Waals surface area contributed by atoms with E-state index in [4.69, 9.17) is 21.1 Å². The minimum atomic E-state index is -1.69. The molecule has 13 heteroatoms. The molecule has 0 radical (unpaired) electrons. The first-order valence-electron chi connectivity index (χ1n) is 9.68. The highest BCUT2D eigenvalue weighted by Gasteiger charge is 2.40. The number of nitrogens with zero attached hydrogens (tertiary/aromatic N) is 1. The summed E-state index contributed by atoms with van der Waals surface area (Å²) in [5.41, 5.74) is 5.74. The lowest BCUT2D eigenvalue weighted by molar-refractivity contribution is -0.149. The molecule has 0 aromatic carbocycles. The zero-order chi connectivity index (χ0) is 23.9. The number of aliphatic carboxylic acids is 3. The smallest absolute Gasteiger partial charge is 0.326 e. The molecule has 0 saturated carbocycles. The van der Waals surface area contributed by atoms with Crippen LogP contribution in [0.3, 0.4) is 0 Å². The van der Waals surface area contributed by atoms with Crippen molar-refractivity contribution in [3.8, 4) is 0 Å². The molecule has 4 atom stereocenters. The average molecular weight is 444 g/mol. The molecule has 1 aliphatic heterocycles. The van der Waals surface area contributed by atoms with Crippen LogP contribution in [0.15, 0.2) is 0 Å². The Kier molecular flexibility index (Phi) is 9.37. The lowest BCUT2D eigenvalue weighted by Gasteiger charge is -2.29. The number of nitrogens with one attached hydrogen (secondary N) is 2. The van der Waals surface area contributed by atoms with E-state index in [1.54, 1.807) is 13.8 Å². The Morgan fingerprint density at radius 1 is 0.968 bits per heavy atom. The van der Waals surface area contributed by atoms with E-state index in [1.165, 1.54) is 0 Å². The molecule has 0 bridgehead atoms. The third kappa shape index (κ3) is 7.51. The van der Waals surface area contributed by atoms with Gasteiger partial charge in [0.25, 0.3) is 0 Å². The number of carbonyl (C=O) groups is 6. The summed E-state index contributed by atoms with van der Waals surface area (Å²) in [6.07, 6.45) is -1.06. The Morgan fingerprint density at radius 2 is 1.52 bits per heavy atom. The lowest BCUT2D eigenvalue weighted by Crippen LogP contribution is -2.57. The highest BCUT2D eigenvalue weighted by atomic mass is 16.4. The normalized spacial score (nSPS) is 18.7. The number of hydrogen-bond acceptors (Lipinski definition) is 7. The van der Waals surface area contributed by atoms with Gasteiger partial charge in [0.2, 0.25) is 17.7 Å². The van der Waals surface area contributed by atoms with Gasteiger partial charge in [-0.2, -0.15) is 0 Å². The third-order valence-electron chi connectivity index (χ3n) is 4.85. The van der Waals surface area contributed by atoms with Crippen molar-refractivity contribution in [1.29, 1.82) is 0 Å². The SMILES string of the molecule is CC(C)[C@H](N)C(=O)N[C@@H](CC(=O)O)C(=O)N1CCC[C@H]1C(=O)N[C@@H](CC(=O)O)C(=O)O. The van der Waals surface area contributed by atoms with Gasteiger partial charge in [-0.15, -0.1) is 0 Å². The van der Waals surface area contributed by atoms with Crippen molar-refractivity contribution in [1.82, 2.24) is 15.5 Å². The van der Waals surface area contributed by atoms with Crippen LogP contribution in [-0.2, 0) is 28.8 Å². The molecule has 0 spiro atoms. The molecule has 1 aliphatic rings. The third-order valence-corrected chi connectivity index (χ3v) is 4.85. The molecular formula is C18H28N4O9. The van der Waals surface area contributed by atoms with Gasteiger partial charge in [-0.05, 0) is 18.8 Å². The summed E-state index contributed by atoms with van der Waals surface area (Å²) in [5, 5.41) is 31.4. The number of amides is 3. The van der Waals surface area contributed by atoms with E-state index in [0.29, 0.717) is 6.42 Å². The van der Waals surface area contributed by atoms with Gasteiger partial charge in [0.05, 0.1) is 18.9 Å². The van der Waals surface area contributed by atoms with E-state index in [-0.39, 0.29) is 18.9 Å². The minimum Gasteiger partial charge on any atom is -0.481 e. The maximum absolute atomic E-state index is 12.9. The van der Waals surface area contributed by atoms with Crippen molar-refractivity contribution in [2.75, 3.05) is 6.54 Å². The zero-order valence-corrected chi connectivity index (χ0v) is 17.2. The topological polar surface area (TPSA) is 216 Å².